The SMILES string of the molecule is Cc1c2c(-c3nc(C4CC4C)no3)ncn2c2cccc(F)c2[n+]1[O-]. The van der Waals surface area contributed by atoms with Crippen molar-refractivity contribution in [3.05, 3.63) is 47.1 Å². The van der Waals surface area contributed by atoms with E-state index in [1.54, 1.807) is 29.8 Å². The summed E-state index contributed by atoms with van der Waals surface area (Å²) >= 11 is 0. The van der Waals surface area contributed by atoms with Crippen molar-refractivity contribution in [3.63, 3.8) is 0 Å². The van der Waals surface area contributed by atoms with Gasteiger partial charge in [0.05, 0.1) is 0 Å². The molecule has 4 aromatic rings. The van der Waals surface area contributed by atoms with Crippen LogP contribution in [0.25, 0.3) is 28.1 Å². The summed E-state index contributed by atoms with van der Waals surface area (Å²) in [6.07, 6.45) is 2.59. The Hall–Kier alpha value is -3.03. The van der Waals surface area contributed by atoms with Crippen molar-refractivity contribution in [2.24, 2.45) is 5.92 Å². The van der Waals surface area contributed by atoms with Crippen molar-refractivity contribution in [2.75, 3.05) is 0 Å². The minimum absolute atomic E-state index is 0.0190. The molecule has 25 heavy (non-hydrogen) atoms. The highest BCUT2D eigenvalue weighted by molar-refractivity contribution is 5.82. The van der Waals surface area contributed by atoms with Crippen LogP contribution in [0.3, 0.4) is 0 Å². The number of fused-ring (bicyclic) bond motifs is 3. The molecule has 2 atom stereocenters. The predicted octanol–water partition coefficient (Wildman–Crippen LogP) is 2.74. The van der Waals surface area contributed by atoms with Gasteiger partial charge in [-0.1, -0.05) is 18.1 Å². The fourth-order valence-corrected chi connectivity index (χ4v) is 3.36. The van der Waals surface area contributed by atoms with E-state index in [1.165, 1.54) is 6.07 Å². The topological polar surface area (TPSA) is 83.2 Å². The van der Waals surface area contributed by atoms with E-state index in [4.69, 9.17) is 4.52 Å². The van der Waals surface area contributed by atoms with E-state index in [1.807, 2.05) is 0 Å². The number of aryl methyl sites for hydroxylation is 1. The zero-order chi connectivity index (χ0) is 17.3. The quantitative estimate of drug-likeness (QED) is 0.414. The smallest absolute Gasteiger partial charge is 0.279 e. The Balaban J connectivity index is 1.78. The van der Waals surface area contributed by atoms with Crippen molar-refractivity contribution < 1.29 is 13.6 Å². The first kappa shape index (κ1) is 14.3. The summed E-state index contributed by atoms with van der Waals surface area (Å²) in [6.45, 7) is 3.76. The minimum atomic E-state index is -0.574. The normalized spacial score (nSPS) is 19.8. The summed E-state index contributed by atoms with van der Waals surface area (Å²) in [7, 11) is 0. The van der Waals surface area contributed by atoms with Crippen LogP contribution in [-0.2, 0) is 0 Å². The molecule has 0 bridgehead atoms. The number of nitrogens with zero attached hydrogens (tertiary/aromatic N) is 5. The van der Waals surface area contributed by atoms with Crippen molar-refractivity contribution in [1.29, 1.82) is 0 Å². The summed E-state index contributed by atoms with van der Waals surface area (Å²) in [5.41, 5.74) is 1.71. The lowest BCUT2D eigenvalue weighted by Crippen LogP contribution is -2.33. The molecule has 0 spiro atoms. The molecule has 1 aliphatic rings. The van der Waals surface area contributed by atoms with Crippen LogP contribution < -0.4 is 4.73 Å². The van der Waals surface area contributed by atoms with Gasteiger partial charge in [-0.3, -0.25) is 4.40 Å². The lowest BCUT2D eigenvalue weighted by Gasteiger charge is -2.08. The average Bonchev–Trinajstić information content (AvgIpc) is 3.03. The number of aromatic nitrogens is 5. The fraction of sp³-hybridized carbons (Fsp3) is 0.294. The number of imidazole rings is 1. The number of halogens is 1. The second kappa shape index (κ2) is 4.75. The zero-order valence-electron chi connectivity index (χ0n) is 13.6. The molecule has 1 fully saturated rings. The van der Waals surface area contributed by atoms with E-state index in [0.717, 1.165) is 6.42 Å². The van der Waals surface area contributed by atoms with E-state index < -0.39 is 5.82 Å². The van der Waals surface area contributed by atoms with Crippen LogP contribution in [0.15, 0.2) is 29.0 Å². The Bertz CT molecular complexity index is 1150. The van der Waals surface area contributed by atoms with Crippen LogP contribution in [0.1, 0.15) is 30.8 Å². The van der Waals surface area contributed by atoms with Gasteiger partial charge in [0, 0.05) is 12.8 Å². The van der Waals surface area contributed by atoms with Crippen molar-refractivity contribution in [1.82, 2.24) is 19.5 Å². The molecule has 0 aliphatic heterocycles. The highest BCUT2D eigenvalue weighted by atomic mass is 19.1. The lowest BCUT2D eigenvalue weighted by atomic mass is 10.2. The molecule has 2 unspecified atom stereocenters. The maximum atomic E-state index is 14.1. The summed E-state index contributed by atoms with van der Waals surface area (Å²) in [5.74, 6) is 1.25. The lowest BCUT2D eigenvalue weighted by molar-refractivity contribution is -0.584. The molecule has 1 aromatic carbocycles. The van der Waals surface area contributed by atoms with E-state index in [2.05, 4.69) is 22.0 Å². The van der Waals surface area contributed by atoms with Gasteiger partial charge in [-0.05, 0) is 24.5 Å². The van der Waals surface area contributed by atoms with Gasteiger partial charge in [-0.15, -0.1) is 0 Å². The van der Waals surface area contributed by atoms with Crippen LogP contribution in [0, 0.1) is 23.9 Å². The molecule has 0 amide bonds. The second-order valence-electron chi connectivity index (χ2n) is 6.58. The van der Waals surface area contributed by atoms with E-state index >= 15 is 0 Å². The molecule has 3 aromatic heterocycles. The summed E-state index contributed by atoms with van der Waals surface area (Å²) in [4.78, 5) is 8.80. The molecule has 0 radical (unpaired) electrons. The highest BCUT2D eigenvalue weighted by Gasteiger charge is 2.38. The number of hydrogen-bond donors (Lipinski definition) is 0. The second-order valence-corrected chi connectivity index (χ2v) is 6.58. The molecule has 1 aliphatic carbocycles. The number of hydrogen-bond acceptors (Lipinski definition) is 5. The molecule has 5 rings (SSSR count). The van der Waals surface area contributed by atoms with Gasteiger partial charge >= 0.3 is 0 Å². The van der Waals surface area contributed by atoms with Crippen LogP contribution >= 0.6 is 0 Å². The Morgan fingerprint density at radius 2 is 2.20 bits per heavy atom. The predicted molar refractivity (Wildman–Crippen MR) is 86.2 cm³/mol. The van der Waals surface area contributed by atoms with Crippen LogP contribution in [0.4, 0.5) is 4.39 Å². The van der Waals surface area contributed by atoms with Gasteiger partial charge < -0.3 is 9.73 Å². The van der Waals surface area contributed by atoms with Gasteiger partial charge in [-0.25, -0.2) is 4.98 Å². The van der Waals surface area contributed by atoms with Crippen LogP contribution in [0.2, 0.25) is 0 Å². The first-order valence-corrected chi connectivity index (χ1v) is 8.07. The van der Waals surface area contributed by atoms with Crippen LogP contribution in [0.5, 0.6) is 0 Å². The Labute approximate surface area is 141 Å². The van der Waals surface area contributed by atoms with Crippen molar-refractivity contribution in [3.8, 4) is 11.6 Å². The molecular weight excluding hydrogens is 325 g/mol. The molecule has 126 valence electrons. The maximum absolute atomic E-state index is 14.1. The van der Waals surface area contributed by atoms with Gasteiger partial charge in [0.2, 0.25) is 5.69 Å². The summed E-state index contributed by atoms with van der Waals surface area (Å²) in [6, 6.07) is 4.50. The van der Waals surface area contributed by atoms with E-state index in [9.17, 15) is 9.60 Å². The fourth-order valence-electron chi connectivity index (χ4n) is 3.36. The van der Waals surface area contributed by atoms with Gasteiger partial charge in [0.15, 0.2) is 17.3 Å². The first-order valence-electron chi connectivity index (χ1n) is 8.07. The minimum Gasteiger partial charge on any atom is -0.618 e. The highest BCUT2D eigenvalue weighted by Crippen LogP contribution is 2.45. The third-order valence-electron chi connectivity index (χ3n) is 4.93. The van der Waals surface area contributed by atoms with Gasteiger partial charge in [0.25, 0.3) is 11.4 Å². The van der Waals surface area contributed by atoms with Gasteiger partial charge in [-0.2, -0.15) is 14.1 Å². The number of benzene rings is 1. The summed E-state index contributed by atoms with van der Waals surface area (Å²) in [5, 5.41) is 16.6. The molecule has 7 nitrogen and oxygen atoms in total. The number of rotatable bonds is 2. The molecule has 1 saturated carbocycles. The Morgan fingerprint density at radius 1 is 1.40 bits per heavy atom. The third-order valence-corrected chi connectivity index (χ3v) is 4.93. The van der Waals surface area contributed by atoms with Crippen molar-refractivity contribution >= 4 is 16.6 Å². The zero-order valence-corrected chi connectivity index (χ0v) is 13.6. The Morgan fingerprint density at radius 3 is 2.96 bits per heavy atom. The van der Waals surface area contributed by atoms with Gasteiger partial charge in [0.1, 0.15) is 17.4 Å². The Kier molecular flexibility index (Phi) is 2.72. The maximum Gasteiger partial charge on any atom is 0.279 e. The molecule has 0 saturated heterocycles. The molecule has 3 heterocycles. The van der Waals surface area contributed by atoms with Crippen LogP contribution in [-0.4, -0.2) is 19.5 Å². The monoisotopic (exact) mass is 339 g/mol. The van der Waals surface area contributed by atoms with Crippen molar-refractivity contribution in [2.45, 2.75) is 26.2 Å². The largest absolute Gasteiger partial charge is 0.618 e. The van der Waals surface area contributed by atoms with E-state index in [0.29, 0.717) is 44.8 Å². The molecule has 8 heteroatoms. The first-order chi connectivity index (χ1) is 12.1. The number of para-hydroxylation sites is 1. The third kappa shape index (κ3) is 1.90. The molecular formula is C17H14FN5O2. The standard InChI is InChI=1S/C17H14FN5O2/c1-8-6-10(8)16-20-17(25-21-16)13-14-9(2)23(24)15-11(18)4-3-5-12(15)22(14)7-19-13/h3-5,7-8,10H,6H2,1-2H3. The van der Waals surface area contributed by atoms with E-state index in [-0.39, 0.29) is 11.4 Å². The molecule has 0 N–H and O–H groups in total. The average molecular weight is 339 g/mol. The summed E-state index contributed by atoms with van der Waals surface area (Å²) < 4.78 is 21.8.